The summed E-state index contributed by atoms with van der Waals surface area (Å²) in [5.74, 6) is 1.50. The van der Waals surface area contributed by atoms with Crippen LogP contribution in [0.15, 0.2) is 42.5 Å². The number of hydrogen-bond donors (Lipinski definition) is 1. The van der Waals surface area contributed by atoms with E-state index in [9.17, 15) is 0 Å². The third-order valence-electron chi connectivity index (χ3n) is 3.38. The second-order valence-electron chi connectivity index (χ2n) is 6.02. The molecule has 0 aliphatic rings. The predicted octanol–water partition coefficient (Wildman–Crippen LogP) is 4.95. The maximum absolute atomic E-state index is 5.70. The zero-order valence-corrected chi connectivity index (χ0v) is 13.4. The van der Waals surface area contributed by atoms with E-state index in [4.69, 9.17) is 4.74 Å². The molecule has 2 aromatic carbocycles. The van der Waals surface area contributed by atoms with Crippen molar-refractivity contribution >= 4 is 5.69 Å². The molecule has 0 heterocycles. The maximum atomic E-state index is 5.70. The van der Waals surface area contributed by atoms with Crippen LogP contribution in [0.3, 0.4) is 0 Å². The van der Waals surface area contributed by atoms with Crippen molar-refractivity contribution in [3.05, 3.63) is 59.2 Å². The fraction of sp³-hybridized carbons (Fsp3) is 0.368. The zero-order valence-electron chi connectivity index (χ0n) is 13.4. The molecule has 2 nitrogen and oxygen atoms in total. The van der Waals surface area contributed by atoms with E-state index in [0.29, 0.717) is 5.92 Å². The van der Waals surface area contributed by atoms with Crippen molar-refractivity contribution < 1.29 is 4.74 Å². The summed E-state index contributed by atoms with van der Waals surface area (Å²) >= 11 is 0. The van der Waals surface area contributed by atoms with Crippen LogP contribution in [-0.2, 0) is 6.54 Å². The van der Waals surface area contributed by atoms with Gasteiger partial charge in [0.1, 0.15) is 5.75 Å². The minimum absolute atomic E-state index is 0.552. The Morgan fingerprint density at radius 1 is 1.00 bits per heavy atom. The molecule has 0 unspecified atom stereocenters. The Labute approximate surface area is 128 Å². The molecule has 0 aliphatic carbocycles. The molecule has 0 radical (unpaired) electrons. The van der Waals surface area contributed by atoms with Crippen LogP contribution in [-0.4, -0.2) is 6.61 Å². The fourth-order valence-electron chi connectivity index (χ4n) is 2.09. The van der Waals surface area contributed by atoms with E-state index >= 15 is 0 Å². The normalized spacial score (nSPS) is 10.7. The lowest BCUT2D eigenvalue weighted by molar-refractivity contribution is 0.271. The number of anilines is 1. The molecule has 0 saturated heterocycles. The molecule has 0 aliphatic heterocycles. The van der Waals surface area contributed by atoms with Crippen LogP contribution in [0.1, 0.15) is 30.5 Å². The number of benzene rings is 2. The monoisotopic (exact) mass is 283 g/mol. The fourth-order valence-corrected chi connectivity index (χ4v) is 2.09. The molecule has 0 amide bonds. The highest BCUT2D eigenvalue weighted by Gasteiger charge is 2.00. The molecule has 21 heavy (non-hydrogen) atoms. The van der Waals surface area contributed by atoms with Crippen LogP contribution in [0.4, 0.5) is 5.69 Å². The summed E-state index contributed by atoms with van der Waals surface area (Å²) in [7, 11) is 0. The van der Waals surface area contributed by atoms with Crippen LogP contribution >= 0.6 is 0 Å². The van der Waals surface area contributed by atoms with Crippen molar-refractivity contribution in [1.82, 2.24) is 0 Å². The molecule has 2 heteroatoms. The molecule has 112 valence electrons. The van der Waals surface area contributed by atoms with Crippen LogP contribution in [0.2, 0.25) is 0 Å². The Morgan fingerprint density at radius 2 is 1.71 bits per heavy atom. The van der Waals surface area contributed by atoms with Crippen molar-refractivity contribution in [3.8, 4) is 5.75 Å². The van der Waals surface area contributed by atoms with Crippen LogP contribution in [0, 0.1) is 19.8 Å². The van der Waals surface area contributed by atoms with Crippen molar-refractivity contribution in [2.24, 2.45) is 5.92 Å². The van der Waals surface area contributed by atoms with Gasteiger partial charge in [0.25, 0.3) is 0 Å². The highest BCUT2D eigenvalue weighted by atomic mass is 16.5. The summed E-state index contributed by atoms with van der Waals surface area (Å²) < 4.78 is 5.70. The summed E-state index contributed by atoms with van der Waals surface area (Å²) in [6, 6.07) is 14.8. The third kappa shape index (κ3) is 4.82. The molecule has 2 aromatic rings. The minimum atomic E-state index is 0.552. The van der Waals surface area contributed by atoms with Crippen LogP contribution in [0.5, 0.6) is 5.75 Å². The SMILES string of the molecule is Cc1ccc(C)c(NCc2ccc(OCC(C)C)cc2)c1. The molecular formula is C19H25NO. The number of aryl methyl sites for hydroxylation is 2. The van der Waals surface area contributed by atoms with Crippen molar-refractivity contribution in [2.75, 3.05) is 11.9 Å². The van der Waals surface area contributed by atoms with E-state index in [2.05, 4.69) is 63.3 Å². The first-order valence-electron chi connectivity index (χ1n) is 7.57. The Bertz CT molecular complexity index is 573. The third-order valence-corrected chi connectivity index (χ3v) is 3.38. The van der Waals surface area contributed by atoms with E-state index in [1.54, 1.807) is 0 Å². The lowest BCUT2D eigenvalue weighted by Crippen LogP contribution is -2.05. The summed E-state index contributed by atoms with van der Waals surface area (Å²) in [5, 5.41) is 3.50. The molecular weight excluding hydrogens is 258 g/mol. The average molecular weight is 283 g/mol. The van der Waals surface area contributed by atoms with Gasteiger partial charge in [-0.3, -0.25) is 0 Å². The Kier molecular flexibility index (Phi) is 5.26. The highest BCUT2D eigenvalue weighted by molar-refractivity contribution is 5.52. The van der Waals surface area contributed by atoms with Gasteiger partial charge in [0.15, 0.2) is 0 Å². The predicted molar refractivity (Wildman–Crippen MR) is 90.0 cm³/mol. The Morgan fingerprint density at radius 3 is 2.38 bits per heavy atom. The quantitative estimate of drug-likeness (QED) is 0.810. The first-order chi connectivity index (χ1) is 10.0. The molecule has 0 aromatic heterocycles. The Hall–Kier alpha value is -1.96. The van der Waals surface area contributed by atoms with Gasteiger partial charge in [-0.1, -0.05) is 38.1 Å². The molecule has 0 bridgehead atoms. The van der Waals surface area contributed by atoms with Gasteiger partial charge in [0.2, 0.25) is 0 Å². The number of ether oxygens (including phenoxy) is 1. The van der Waals surface area contributed by atoms with Crippen LogP contribution in [0.25, 0.3) is 0 Å². The number of hydrogen-bond acceptors (Lipinski definition) is 2. The van der Waals surface area contributed by atoms with Gasteiger partial charge in [-0.05, 0) is 54.7 Å². The summed E-state index contributed by atoms with van der Waals surface area (Å²) in [6.07, 6.45) is 0. The smallest absolute Gasteiger partial charge is 0.119 e. The average Bonchev–Trinajstić information content (AvgIpc) is 2.47. The molecule has 2 rings (SSSR count). The largest absolute Gasteiger partial charge is 0.493 e. The first-order valence-corrected chi connectivity index (χ1v) is 7.57. The van der Waals surface area contributed by atoms with Gasteiger partial charge in [-0.15, -0.1) is 0 Å². The number of rotatable bonds is 6. The molecule has 0 saturated carbocycles. The highest BCUT2D eigenvalue weighted by Crippen LogP contribution is 2.18. The lowest BCUT2D eigenvalue weighted by Gasteiger charge is -2.12. The molecule has 0 spiro atoms. The van der Waals surface area contributed by atoms with E-state index in [-0.39, 0.29) is 0 Å². The van der Waals surface area contributed by atoms with Crippen LogP contribution < -0.4 is 10.1 Å². The zero-order chi connectivity index (χ0) is 15.2. The summed E-state index contributed by atoms with van der Waals surface area (Å²) in [5.41, 5.74) is 5.01. The summed E-state index contributed by atoms with van der Waals surface area (Å²) in [6.45, 7) is 10.1. The van der Waals surface area contributed by atoms with Gasteiger partial charge >= 0.3 is 0 Å². The number of nitrogens with one attached hydrogen (secondary N) is 1. The topological polar surface area (TPSA) is 21.3 Å². The second-order valence-corrected chi connectivity index (χ2v) is 6.02. The van der Waals surface area contributed by atoms with E-state index in [0.717, 1.165) is 18.9 Å². The van der Waals surface area contributed by atoms with Crippen molar-refractivity contribution in [2.45, 2.75) is 34.2 Å². The maximum Gasteiger partial charge on any atom is 0.119 e. The van der Waals surface area contributed by atoms with Gasteiger partial charge in [-0.2, -0.15) is 0 Å². The van der Waals surface area contributed by atoms with Gasteiger partial charge in [0.05, 0.1) is 6.61 Å². The Balaban J connectivity index is 1.93. The van der Waals surface area contributed by atoms with Gasteiger partial charge < -0.3 is 10.1 Å². The molecule has 1 N–H and O–H groups in total. The van der Waals surface area contributed by atoms with Gasteiger partial charge in [-0.25, -0.2) is 0 Å². The molecule has 0 fully saturated rings. The van der Waals surface area contributed by atoms with Gasteiger partial charge in [0, 0.05) is 12.2 Å². The van der Waals surface area contributed by atoms with E-state index in [1.807, 2.05) is 12.1 Å². The standard InChI is InChI=1S/C19H25NO/c1-14(2)13-21-18-9-7-17(8-10-18)12-20-19-11-15(3)5-6-16(19)4/h5-11,14,20H,12-13H2,1-4H3. The van der Waals surface area contributed by atoms with E-state index in [1.165, 1.54) is 22.4 Å². The second kappa shape index (κ2) is 7.16. The summed E-state index contributed by atoms with van der Waals surface area (Å²) in [4.78, 5) is 0. The minimum Gasteiger partial charge on any atom is -0.493 e. The van der Waals surface area contributed by atoms with Crippen molar-refractivity contribution in [3.63, 3.8) is 0 Å². The lowest BCUT2D eigenvalue weighted by atomic mass is 10.1. The molecule has 0 atom stereocenters. The van der Waals surface area contributed by atoms with E-state index < -0.39 is 0 Å². The van der Waals surface area contributed by atoms with Crippen molar-refractivity contribution in [1.29, 1.82) is 0 Å². The first kappa shape index (κ1) is 15.4.